The Morgan fingerprint density at radius 1 is 1.00 bits per heavy atom. The van der Waals surface area contributed by atoms with Crippen molar-refractivity contribution in [2.45, 2.75) is 53.5 Å². The number of hydrogen-bond acceptors (Lipinski definition) is 2. The Morgan fingerprint density at radius 2 is 1.68 bits per heavy atom. The number of methoxy groups -OCH3 is 1. The van der Waals surface area contributed by atoms with Crippen LogP contribution in [0.15, 0.2) is 30.3 Å². The normalized spacial score (nSPS) is 11.9. The predicted octanol–water partition coefficient (Wildman–Crippen LogP) is 4.74. The zero-order valence-corrected chi connectivity index (χ0v) is 16.2. The molecule has 3 nitrogen and oxygen atoms in total. The van der Waals surface area contributed by atoms with Crippen LogP contribution in [0.2, 0.25) is 0 Å². The number of benzene rings is 2. The minimum absolute atomic E-state index is 0.0180. The molecule has 1 amide bonds. The van der Waals surface area contributed by atoms with Crippen LogP contribution < -0.4 is 10.1 Å². The molecule has 0 bridgehead atoms. The van der Waals surface area contributed by atoms with Gasteiger partial charge in [-0.3, -0.25) is 4.79 Å². The van der Waals surface area contributed by atoms with E-state index in [0.29, 0.717) is 6.42 Å². The summed E-state index contributed by atoms with van der Waals surface area (Å²) >= 11 is 0. The lowest BCUT2D eigenvalue weighted by Gasteiger charge is -2.18. The van der Waals surface area contributed by atoms with E-state index in [4.69, 9.17) is 4.74 Å². The molecule has 0 saturated heterocycles. The Kier molecular flexibility index (Phi) is 6.24. The van der Waals surface area contributed by atoms with Gasteiger partial charge in [-0.05, 0) is 80.5 Å². The second-order valence-electron chi connectivity index (χ2n) is 6.89. The molecule has 0 unspecified atom stereocenters. The van der Waals surface area contributed by atoms with Crippen LogP contribution in [-0.4, -0.2) is 13.0 Å². The van der Waals surface area contributed by atoms with Crippen LogP contribution in [0.1, 0.15) is 52.8 Å². The average molecular weight is 339 g/mol. The first-order valence-corrected chi connectivity index (χ1v) is 8.82. The van der Waals surface area contributed by atoms with Gasteiger partial charge in [-0.15, -0.1) is 0 Å². The van der Waals surface area contributed by atoms with Gasteiger partial charge in [-0.1, -0.05) is 24.3 Å². The highest BCUT2D eigenvalue weighted by molar-refractivity contribution is 5.76. The van der Waals surface area contributed by atoms with E-state index in [1.54, 1.807) is 7.11 Å². The van der Waals surface area contributed by atoms with E-state index < -0.39 is 0 Å². The second-order valence-corrected chi connectivity index (χ2v) is 6.89. The van der Waals surface area contributed by atoms with E-state index in [2.05, 4.69) is 44.3 Å². The number of rotatable bonds is 6. The lowest BCUT2D eigenvalue weighted by molar-refractivity contribution is -0.121. The molecule has 134 valence electrons. The monoisotopic (exact) mass is 339 g/mol. The van der Waals surface area contributed by atoms with Crippen LogP contribution in [0.4, 0.5) is 0 Å². The molecule has 25 heavy (non-hydrogen) atoms. The lowest BCUT2D eigenvalue weighted by Crippen LogP contribution is -2.27. The second kappa shape index (κ2) is 8.19. The van der Waals surface area contributed by atoms with Gasteiger partial charge in [-0.2, -0.15) is 0 Å². The zero-order chi connectivity index (χ0) is 18.6. The molecule has 2 aromatic rings. The van der Waals surface area contributed by atoms with Crippen molar-refractivity contribution in [1.29, 1.82) is 0 Å². The topological polar surface area (TPSA) is 38.3 Å². The minimum atomic E-state index is 0.0180. The smallest absolute Gasteiger partial charge is 0.220 e. The molecular formula is C22H29NO2. The summed E-state index contributed by atoms with van der Waals surface area (Å²) in [5.41, 5.74) is 7.21. The van der Waals surface area contributed by atoms with Crippen molar-refractivity contribution < 1.29 is 9.53 Å². The Balaban J connectivity index is 1.96. The van der Waals surface area contributed by atoms with Crippen molar-refractivity contribution in [3.05, 3.63) is 63.7 Å². The fourth-order valence-electron chi connectivity index (χ4n) is 3.19. The van der Waals surface area contributed by atoms with E-state index in [0.717, 1.165) is 23.3 Å². The third kappa shape index (κ3) is 4.85. The van der Waals surface area contributed by atoms with Gasteiger partial charge in [0.1, 0.15) is 5.75 Å². The quantitative estimate of drug-likeness (QED) is 0.825. The van der Waals surface area contributed by atoms with E-state index in [1.807, 2.05) is 26.0 Å². The van der Waals surface area contributed by atoms with Gasteiger partial charge < -0.3 is 10.1 Å². The standard InChI is InChI=1S/C22H29NO2/c1-14-11-16(3)20(13-15(14)2)18(5)23-22(24)10-8-19-7-9-21(25-6)17(4)12-19/h7,9,11-13,18H,8,10H2,1-6H3,(H,23,24)/t18-/m0/s1. The molecule has 0 aliphatic heterocycles. The number of carbonyl (C=O) groups excluding carboxylic acids is 1. The molecule has 0 fully saturated rings. The van der Waals surface area contributed by atoms with Crippen molar-refractivity contribution in [2.75, 3.05) is 7.11 Å². The first-order valence-electron chi connectivity index (χ1n) is 8.82. The molecule has 2 aromatic carbocycles. The summed E-state index contributed by atoms with van der Waals surface area (Å²) in [6, 6.07) is 10.5. The Hall–Kier alpha value is -2.29. The summed E-state index contributed by atoms with van der Waals surface area (Å²) in [7, 11) is 1.67. The largest absolute Gasteiger partial charge is 0.496 e. The summed E-state index contributed by atoms with van der Waals surface area (Å²) in [6.45, 7) is 10.4. The number of hydrogen-bond donors (Lipinski definition) is 1. The first-order chi connectivity index (χ1) is 11.8. The van der Waals surface area contributed by atoms with Gasteiger partial charge in [0.25, 0.3) is 0 Å². The van der Waals surface area contributed by atoms with E-state index in [9.17, 15) is 4.79 Å². The van der Waals surface area contributed by atoms with Gasteiger partial charge >= 0.3 is 0 Å². The maximum atomic E-state index is 12.3. The highest BCUT2D eigenvalue weighted by Crippen LogP contribution is 2.22. The van der Waals surface area contributed by atoms with Gasteiger partial charge in [-0.25, -0.2) is 0 Å². The summed E-state index contributed by atoms with van der Waals surface area (Å²) < 4.78 is 5.28. The van der Waals surface area contributed by atoms with E-state index in [-0.39, 0.29) is 11.9 Å². The molecule has 0 aromatic heterocycles. The molecule has 1 N–H and O–H groups in total. The van der Waals surface area contributed by atoms with Gasteiger partial charge in [0.2, 0.25) is 5.91 Å². The highest BCUT2D eigenvalue weighted by Gasteiger charge is 2.13. The maximum Gasteiger partial charge on any atom is 0.220 e. The van der Waals surface area contributed by atoms with Crippen LogP contribution in [0, 0.1) is 27.7 Å². The van der Waals surface area contributed by atoms with Crippen molar-refractivity contribution >= 4 is 5.91 Å². The molecule has 0 aliphatic carbocycles. The van der Waals surface area contributed by atoms with Crippen molar-refractivity contribution in [1.82, 2.24) is 5.32 Å². The molecule has 0 spiro atoms. The number of nitrogens with one attached hydrogen (secondary N) is 1. The van der Waals surface area contributed by atoms with Crippen molar-refractivity contribution in [3.63, 3.8) is 0 Å². The third-order valence-electron chi connectivity index (χ3n) is 4.83. The number of ether oxygens (including phenoxy) is 1. The maximum absolute atomic E-state index is 12.3. The zero-order valence-electron chi connectivity index (χ0n) is 16.2. The molecule has 3 heteroatoms. The molecule has 1 atom stereocenters. The molecule has 0 radical (unpaired) electrons. The highest BCUT2D eigenvalue weighted by atomic mass is 16.5. The summed E-state index contributed by atoms with van der Waals surface area (Å²) in [5, 5.41) is 3.13. The molecule has 2 rings (SSSR count). The first kappa shape index (κ1) is 19.0. The molecular weight excluding hydrogens is 310 g/mol. The van der Waals surface area contributed by atoms with Gasteiger partial charge in [0.05, 0.1) is 13.2 Å². The van der Waals surface area contributed by atoms with Gasteiger partial charge in [0, 0.05) is 6.42 Å². The summed E-state index contributed by atoms with van der Waals surface area (Å²) in [6.07, 6.45) is 1.22. The van der Waals surface area contributed by atoms with E-state index in [1.165, 1.54) is 22.3 Å². The van der Waals surface area contributed by atoms with Gasteiger partial charge in [0.15, 0.2) is 0 Å². The molecule has 0 heterocycles. The van der Waals surface area contributed by atoms with Crippen molar-refractivity contribution in [2.24, 2.45) is 0 Å². The van der Waals surface area contributed by atoms with Crippen LogP contribution >= 0.6 is 0 Å². The Morgan fingerprint density at radius 3 is 2.32 bits per heavy atom. The Bertz CT molecular complexity index is 765. The minimum Gasteiger partial charge on any atom is -0.496 e. The number of aryl methyl sites for hydroxylation is 5. The fourth-order valence-corrected chi connectivity index (χ4v) is 3.19. The van der Waals surface area contributed by atoms with Crippen LogP contribution in [-0.2, 0) is 11.2 Å². The SMILES string of the molecule is COc1ccc(CCC(=O)N[C@@H](C)c2cc(C)c(C)cc2C)cc1C. The van der Waals surface area contributed by atoms with Crippen LogP contribution in [0.25, 0.3) is 0 Å². The van der Waals surface area contributed by atoms with E-state index >= 15 is 0 Å². The summed E-state index contributed by atoms with van der Waals surface area (Å²) in [5.74, 6) is 0.964. The van der Waals surface area contributed by atoms with Crippen molar-refractivity contribution in [3.8, 4) is 5.75 Å². The third-order valence-corrected chi connectivity index (χ3v) is 4.83. The number of amides is 1. The molecule has 0 aliphatic rings. The Labute approximate surface area is 151 Å². The average Bonchev–Trinajstić information content (AvgIpc) is 2.56. The summed E-state index contributed by atoms with van der Waals surface area (Å²) in [4.78, 5) is 12.3. The van der Waals surface area contributed by atoms with Crippen LogP contribution in [0.5, 0.6) is 5.75 Å². The van der Waals surface area contributed by atoms with Crippen LogP contribution in [0.3, 0.4) is 0 Å². The fraction of sp³-hybridized carbons (Fsp3) is 0.409. The predicted molar refractivity (Wildman–Crippen MR) is 103 cm³/mol. The lowest BCUT2D eigenvalue weighted by atomic mass is 9.96. The number of carbonyl (C=O) groups is 1. The molecule has 0 saturated carbocycles.